The average Bonchev–Trinajstić information content (AvgIpc) is 2.50. The Morgan fingerprint density at radius 3 is 2.24 bits per heavy atom. The first-order valence-electron chi connectivity index (χ1n) is 7.97. The van der Waals surface area contributed by atoms with Crippen LogP contribution in [0.2, 0.25) is 0 Å². The minimum atomic E-state index is -4.29. The van der Waals surface area contributed by atoms with Crippen molar-refractivity contribution in [1.29, 1.82) is 0 Å². The molecule has 0 saturated carbocycles. The Balaban J connectivity index is 0.00000576. The zero-order chi connectivity index (χ0) is 18.0. The van der Waals surface area contributed by atoms with Crippen LogP contribution in [-0.4, -0.2) is 32.3 Å². The van der Waals surface area contributed by atoms with Gasteiger partial charge in [-0.25, -0.2) is 0 Å². The Morgan fingerprint density at radius 2 is 1.72 bits per heavy atom. The van der Waals surface area contributed by atoms with Crippen LogP contribution in [-0.2, 0) is 17.9 Å². The Hall–Kier alpha value is -1.03. The van der Waals surface area contributed by atoms with Gasteiger partial charge in [-0.2, -0.15) is 13.2 Å². The van der Waals surface area contributed by atoms with Gasteiger partial charge in [-0.1, -0.05) is 38.1 Å². The van der Waals surface area contributed by atoms with E-state index in [9.17, 15) is 13.2 Å². The summed E-state index contributed by atoms with van der Waals surface area (Å²) in [7, 11) is 1.71. The molecule has 2 N–H and O–H groups in total. The second kappa shape index (κ2) is 12.3. The molecule has 0 aromatic heterocycles. The van der Waals surface area contributed by atoms with Crippen molar-refractivity contribution in [3.63, 3.8) is 0 Å². The van der Waals surface area contributed by atoms with Crippen molar-refractivity contribution in [1.82, 2.24) is 10.6 Å². The second-order valence-corrected chi connectivity index (χ2v) is 5.96. The molecular formula is C17H27F3IN3O. The van der Waals surface area contributed by atoms with Gasteiger partial charge < -0.3 is 15.4 Å². The molecule has 0 bridgehead atoms. The first-order chi connectivity index (χ1) is 11.3. The molecule has 0 amide bonds. The first-order valence-corrected chi connectivity index (χ1v) is 7.97. The second-order valence-electron chi connectivity index (χ2n) is 5.96. The SMILES string of the molecule is CN=C(NCCC(C)C)NCc1ccc(COCC(F)(F)F)cc1.I. The van der Waals surface area contributed by atoms with Crippen LogP contribution in [0.4, 0.5) is 13.2 Å². The highest BCUT2D eigenvalue weighted by Crippen LogP contribution is 2.15. The number of benzene rings is 1. The third-order valence-electron chi connectivity index (χ3n) is 3.26. The smallest absolute Gasteiger partial charge is 0.367 e. The van der Waals surface area contributed by atoms with Crippen molar-refractivity contribution in [2.75, 3.05) is 20.2 Å². The zero-order valence-electron chi connectivity index (χ0n) is 14.8. The number of guanidine groups is 1. The Morgan fingerprint density at radius 1 is 1.12 bits per heavy atom. The maximum atomic E-state index is 12.0. The summed E-state index contributed by atoms with van der Waals surface area (Å²) in [6, 6.07) is 7.26. The van der Waals surface area contributed by atoms with Gasteiger partial charge in [0.05, 0.1) is 6.61 Å². The van der Waals surface area contributed by atoms with Crippen molar-refractivity contribution in [3.8, 4) is 0 Å². The highest BCUT2D eigenvalue weighted by atomic mass is 127. The van der Waals surface area contributed by atoms with Gasteiger partial charge in [0, 0.05) is 20.1 Å². The molecule has 1 aromatic carbocycles. The molecule has 0 heterocycles. The van der Waals surface area contributed by atoms with E-state index in [2.05, 4.69) is 34.2 Å². The number of nitrogens with zero attached hydrogens (tertiary/aromatic N) is 1. The molecule has 0 unspecified atom stereocenters. The number of halogens is 4. The standard InChI is InChI=1S/C17H26F3N3O.HI/c1-13(2)8-9-22-16(21-3)23-10-14-4-6-15(7-5-14)11-24-12-17(18,19)20;/h4-7,13H,8-12H2,1-3H3,(H2,21,22,23);1H. The van der Waals surface area contributed by atoms with Crippen LogP contribution < -0.4 is 10.6 Å². The fourth-order valence-electron chi connectivity index (χ4n) is 1.92. The van der Waals surface area contributed by atoms with Gasteiger partial charge in [0.15, 0.2) is 5.96 Å². The minimum Gasteiger partial charge on any atom is -0.367 e. The van der Waals surface area contributed by atoms with E-state index in [0.717, 1.165) is 24.5 Å². The topological polar surface area (TPSA) is 45.7 Å². The third kappa shape index (κ3) is 12.0. The number of alkyl halides is 3. The van der Waals surface area contributed by atoms with Crippen molar-refractivity contribution in [2.24, 2.45) is 10.9 Å². The molecule has 0 aliphatic rings. The fourth-order valence-corrected chi connectivity index (χ4v) is 1.92. The summed E-state index contributed by atoms with van der Waals surface area (Å²) in [5.74, 6) is 1.36. The summed E-state index contributed by atoms with van der Waals surface area (Å²) in [5.41, 5.74) is 1.73. The predicted octanol–water partition coefficient (Wildman–Crippen LogP) is 4.09. The number of hydrogen-bond acceptors (Lipinski definition) is 2. The van der Waals surface area contributed by atoms with Crippen LogP contribution in [0, 0.1) is 5.92 Å². The number of rotatable bonds is 8. The summed E-state index contributed by atoms with van der Waals surface area (Å²) in [5, 5.41) is 6.44. The highest BCUT2D eigenvalue weighted by molar-refractivity contribution is 14.0. The van der Waals surface area contributed by atoms with Gasteiger partial charge in [0.1, 0.15) is 6.61 Å². The Kier molecular flexibility index (Phi) is 11.8. The summed E-state index contributed by atoms with van der Waals surface area (Å²) in [4.78, 5) is 4.15. The lowest BCUT2D eigenvalue weighted by molar-refractivity contribution is -0.176. The van der Waals surface area contributed by atoms with E-state index in [1.165, 1.54) is 0 Å². The van der Waals surface area contributed by atoms with E-state index < -0.39 is 12.8 Å². The first kappa shape index (κ1) is 24.0. The maximum Gasteiger partial charge on any atom is 0.411 e. The molecule has 1 rings (SSSR count). The highest BCUT2D eigenvalue weighted by Gasteiger charge is 2.27. The maximum absolute atomic E-state index is 12.0. The lowest BCUT2D eigenvalue weighted by atomic mass is 10.1. The average molecular weight is 473 g/mol. The summed E-state index contributed by atoms with van der Waals surface area (Å²) in [6.07, 6.45) is -3.23. The van der Waals surface area contributed by atoms with Crippen LogP contribution in [0.5, 0.6) is 0 Å². The van der Waals surface area contributed by atoms with Gasteiger partial charge in [0.2, 0.25) is 0 Å². The molecule has 0 saturated heterocycles. The molecule has 1 aromatic rings. The molecule has 0 aliphatic heterocycles. The normalized spacial score (nSPS) is 12.0. The quantitative estimate of drug-likeness (QED) is 0.340. The summed E-state index contributed by atoms with van der Waals surface area (Å²) in [6.45, 7) is 4.49. The molecule has 4 nitrogen and oxygen atoms in total. The molecule has 144 valence electrons. The third-order valence-corrected chi connectivity index (χ3v) is 3.26. The van der Waals surface area contributed by atoms with E-state index in [0.29, 0.717) is 18.0 Å². The van der Waals surface area contributed by atoms with Gasteiger partial charge in [-0.05, 0) is 23.5 Å². The zero-order valence-corrected chi connectivity index (χ0v) is 17.2. The Bertz CT molecular complexity index is 505. The van der Waals surface area contributed by atoms with Gasteiger partial charge in [0.25, 0.3) is 0 Å². The van der Waals surface area contributed by atoms with Crippen LogP contribution in [0.3, 0.4) is 0 Å². The van der Waals surface area contributed by atoms with Gasteiger partial charge in [-0.15, -0.1) is 24.0 Å². The fraction of sp³-hybridized carbons (Fsp3) is 0.588. The lowest BCUT2D eigenvalue weighted by Gasteiger charge is -2.13. The van der Waals surface area contributed by atoms with E-state index in [1.54, 1.807) is 19.2 Å². The van der Waals surface area contributed by atoms with Crippen molar-refractivity contribution < 1.29 is 17.9 Å². The molecule has 0 fully saturated rings. The Labute approximate surface area is 164 Å². The van der Waals surface area contributed by atoms with E-state index >= 15 is 0 Å². The van der Waals surface area contributed by atoms with Crippen molar-refractivity contribution in [2.45, 2.75) is 39.6 Å². The van der Waals surface area contributed by atoms with Crippen LogP contribution in [0.25, 0.3) is 0 Å². The van der Waals surface area contributed by atoms with E-state index in [-0.39, 0.29) is 30.6 Å². The molecular weight excluding hydrogens is 446 g/mol. The number of hydrogen-bond donors (Lipinski definition) is 2. The summed E-state index contributed by atoms with van der Waals surface area (Å²) < 4.78 is 40.7. The largest absolute Gasteiger partial charge is 0.411 e. The number of ether oxygens (including phenoxy) is 1. The molecule has 0 radical (unpaired) electrons. The van der Waals surface area contributed by atoms with E-state index in [4.69, 9.17) is 0 Å². The van der Waals surface area contributed by atoms with Crippen LogP contribution in [0.1, 0.15) is 31.4 Å². The van der Waals surface area contributed by atoms with E-state index in [1.807, 2.05) is 12.1 Å². The van der Waals surface area contributed by atoms with Crippen LogP contribution in [0.15, 0.2) is 29.3 Å². The summed E-state index contributed by atoms with van der Waals surface area (Å²) >= 11 is 0. The molecule has 8 heteroatoms. The monoisotopic (exact) mass is 473 g/mol. The minimum absolute atomic E-state index is 0. The van der Waals surface area contributed by atoms with Gasteiger partial charge >= 0.3 is 6.18 Å². The van der Waals surface area contributed by atoms with Crippen molar-refractivity contribution >= 4 is 29.9 Å². The molecule has 0 spiro atoms. The molecule has 0 atom stereocenters. The number of aliphatic imine (C=N–C) groups is 1. The number of nitrogens with one attached hydrogen (secondary N) is 2. The lowest BCUT2D eigenvalue weighted by Crippen LogP contribution is -2.37. The van der Waals surface area contributed by atoms with Gasteiger partial charge in [-0.3, -0.25) is 4.99 Å². The molecule has 25 heavy (non-hydrogen) atoms. The van der Waals surface area contributed by atoms with Crippen LogP contribution >= 0.6 is 24.0 Å². The molecule has 0 aliphatic carbocycles. The predicted molar refractivity (Wildman–Crippen MR) is 105 cm³/mol. The van der Waals surface area contributed by atoms with Crippen molar-refractivity contribution in [3.05, 3.63) is 35.4 Å².